The molecule has 0 saturated carbocycles. The first kappa shape index (κ1) is 17.4. The summed E-state index contributed by atoms with van der Waals surface area (Å²) in [6.45, 7) is 6.52. The molecule has 2 N–H and O–H groups in total. The fourth-order valence-corrected chi connectivity index (χ4v) is 3.48. The number of sulfonamides is 1. The van der Waals surface area contributed by atoms with Gasteiger partial charge in [-0.15, -0.1) is 12.4 Å². The number of piperidine rings is 1. The van der Waals surface area contributed by atoms with Crippen molar-refractivity contribution in [2.75, 3.05) is 19.6 Å². The smallest absolute Gasteiger partial charge is 0.240 e. The Bertz CT molecular complexity index is 523. The van der Waals surface area contributed by atoms with Gasteiger partial charge < -0.3 is 5.32 Å². The van der Waals surface area contributed by atoms with Gasteiger partial charge in [0, 0.05) is 6.54 Å². The number of benzene rings is 1. The van der Waals surface area contributed by atoms with Crippen molar-refractivity contribution in [2.24, 2.45) is 5.41 Å². The molecular weight excluding hydrogens is 296 g/mol. The summed E-state index contributed by atoms with van der Waals surface area (Å²) in [5, 5.41) is 3.30. The van der Waals surface area contributed by atoms with Crippen molar-refractivity contribution in [3.8, 4) is 0 Å². The molecule has 6 heteroatoms. The number of hydrogen-bond acceptors (Lipinski definition) is 3. The first-order valence-corrected chi connectivity index (χ1v) is 8.17. The van der Waals surface area contributed by atoms with Crippen molar-refractivity contribution in [3.63, 3.8) is 0 Å². The fraction of sp³-hybridized carbons (Fsp3) is 0.571. The summed E-state index contributed by atoms with van der Waals surface area (Å²) in [6, 6.07) is 6.95. The van der Waals surface area contributed by atoms with Crippen LogP contribution in [-0.2, 0) is 10.0 Å². The van der Waals surface area contributed by atoms with Crippen molar-refractivity contribution in [3.05, 3.63) is 29.8 Å². The molecular formula is C14H23ClN2O2S. The first-order chi connectivity index (χ1) is 8.91. The van der Waals surface area contributed by atoms with E-state index in [9.17, 15) is 8.42 Å². The van der Waals surface area contributed by atoms with Gasteiger partial charge in [-0.2, -0.15) is 0 Å². The van der Waals surface area contributed by atoms with Crippen molar-refractivity contribution in [2.45, 2.75) is 31.6 Å². The van der Waals surface area contributed by atoms with Crippen LogP contribution >= 0.6 is 12.4 Å². The van der Waals surface area contributed by atoms with Crippen LogP contribution in [0.25, 0.3) is 0 Å². The van der Waals surface area contributed by atoms with E-state index in [1.165, 1.54) is 0 Å². The minimum atomic E-state index is -3.38. The lowest BCUT2D eigenvalue weighted by Gasteiger charge is -2.34. The maximum absolute atomic E-state index is 12.2. The SMILES string of the molecule is Cc1ccc(S(=O)(=O)NCC2(C)CCNCC2)cc1.Cl. The molecule has 114 valence electrons. The van der Waals surface area contributed by atoms with Gasteiger partial charge in [0.25, 0.3) is 0 Å². The summed E-state index contributed by atoms with van der Waals surface area (Å²) in [5.41, 5.74) is 1.12. The fourth-order valence-electron chi connectivity index (χ4n) is 2.28. The molecule has 1 saturated heterocycles. The van der Waals surface area contributed by atoms with Crippen LogP contribution in [0.5, 0.6) is 0 Å². The van der Waals surface area contributed by atoms with Crippen LogP contribution in [0.1, 0.15) is 25.3 Å². The van der Waals surface area contributed by atoms with Gasteiger partial charge in [-0.3, -0.25) is 0 Å². The van der Waals surface area contributed by atoms with Crippen LogP contribution < -0.4 is 10.0 Å². The van der Waals surface area contributed by atoms with E-state index in [0.717, 1.165) is 31.5 Å². The lowest BCUT2D eigenvalue weighted by Crippen LogP contribution is -2.42. The highest BCUT2D eigenvalue weighted by molar-refractivity contribution is 7.89. The lowest BCUT2D eigenvalue weighted by molar-refractivity contribution is 0.232. The molecule has 1 aliphatic heterocycles. The van der Waals surface area contributed by atoms with E-state index in [1.54, 1.807) is 12.1 Å². The summed E-state index contributed by atoms with van der Waals surface area (Å²) in [6.07, 6.45) is 2.01. The number of rotatable bonds is 4. The molecule has 0 radical (unpaired) electrons. The van der Waals surface area contributed by atoms with Gasteiger partial charge in [-0.25, -0.2) is 13.1 Å². The molecule has 2 rings (SSSR count). The topological polar surface area (TPSA) is 58.2 Å². The Morgan fingerprint density at radius 1 is 1.20 bits per heavy atom. The molecule has 4 nitrogen and oxygen atoms in total. The summed E-state index contributed by atoms with van der Waals surface area (Å²) in [7, 11) is -3.38. The highest BCUT2D eigenvalue weighted by atomic mass is 35.5. The second kappa shape index (κ2) is 6.89. The van der Waals surface area contributed by atoms with Crippen molar-refractivity contribution in [1.29, 1.82) is 0 Å². The average molecular weight is 319 g/mol. The number of hydrogen-bond donors (Lipinski definition) is 2. The van der Waals surface area contributed by atoms with Gasteiger partial charge in [0.15, 0.2) is 0 Å². The monoisotopic (exact) mass is 318 g/mol. The molecule has 0 atom stereocenters. The van der Waals surface area contributed by atoms with Crippen LogP contribution in [0.15, 0.2) is 29.2 Å². The Morgan fingerprint density at radius 2 is 1.75 bits per heavy atom. The zero-order chi connectivity index (χ0) is 13.9. The van der Waals surface area contributed by atoms with Crippen LogP contribution in [0.4, 0.5) is 0 Å². The van der Waals surface area contributed by atoms with Crippen LogP contribution in [0.2, 0.25) is 0 Å². The minimum absolute atomic E-state index is 0. The maximum atomic E-state index is 12.2. The number of nitrogens with one attached hydrogen (secondary N) is 2. The summed E-state index contributed by atoms with van der Waals surface area (Å²) < 4.78 is 27.2. The lowest BCUT2D eigenvalue weighted by atomic mass is 9.81. The summed E-state index contributed by atoms with van der Waals surface area (Å²) in [5.74, 6) is 0. The van der Waals surface area contributed by atoms with Gasteiger partial charge in [0.05, 0.1) is 4.90 Å². The van der Waals surface area contributed by atoms with E-state index in [2.05, 4.69) is 17.0 Å². The van der Waals surface area contributed by atoms with Gasteiger partial charge in [0.2, 0.25) is 10.0 Å². The molecule has 0 amide bonds. The molecule has 1 aromatic rings. The third-order valence-corrected chi connectivity index (χ3v) is 5.25. The molecule has 1 aliphatic rings. The van der Waals surface area contributed by atoms with Crippen LogP contribution in [0.3, 0.4) is 0 Å². The molecule has 0 spiro atoms. The highest BCUT2D eigenvalue weighted by Crippen LogP contribution is 2.27. The maximum Gasteiger partial charge on any atom is 0.240 e. The zero-order valence-electron chi connectivity index (χ0n) is 12.0. The van der Waals surface area contributed by atoms with E-state index < -0.39 is 10.0 Å². The van der Waals surface area contributed by atoms with Crippen LogP contribution in [0, 0.1) is 12.3 Å². The predicted octanol–water partition coefficient (Wildman–Crippen LogP) is 2.08. The predicted molar refractivity (Wildman–Crippen MR) is 83.8 cm³/mol. The highest BCUT2D eigenvalue weighted by Gasteiger charge is 2.28. The molecule has 0 unspecified atom stereocenters. The van der Waals surface area contributed by atoms with E-state index in [1.807, 2.05) is 19.1 Å². The molecule has 1 fully saturated rings. The van der Waals surface area contributed by atoms with Crippen molar-refractivity contribution >= 4 is 22.4 Å². The normalized spacial score (nSPS) is 18.3. The molecule has 0 aliphatic carbocycles. The van der Waals surface area contributed by atoms with Gasteiger partial charge in [-0.05, 0) is 50.4 Å². The Labute approximate surface area is 127 Å². The second-order valence-electron chi connectivity index (χ2n) is 5.70. The summed E-state index contributed by atoms with van der Waals surface area (Å²) in [4.78, 5) is 0.343. The van der Waals surface area contributed by atoms with Crippen LogP contribution in [-0.4, -0.2) is 28.1 Å². The quantitative estimate of drug-likeness (QED) is 0.893. The molecule has 1 aromatic carbocycles. The molecule has 0 bridgehead atoms. The number of aryl methyl sites for hydroxylation is 1. The zero-order valence-corrected chi connectivity index (χ0v) is 13.6. The third kappa shape index (κ3) is 4.45. The average Bonchev–Trinajstić information content (AvgIpc) is 2.38. The summed E-state index contributed by atoms with van der Waals surface area (Å²) >= 11 is 0. The standard InChI is InChI=1S/C14H22N2O2S.ClH/c1-12-3-5-13(6-4-12)19(17,18)16-11-14(2)7-9-15-10-8-14;/h3-6,15-16H,7-11H2,1-2H3;1H. The van der Waals surface area contributed by atoms with Gasteiger partial charge >= 0.3 is 0 Å². The van der Waals surface area contributed by atoms with E-state index in [4.69, 9.17) is 0 Å². The molecule has 0 aromatic heterocycles. The Hall–Kier alpha value is -0.620. The largest absolute Gasteiger partial charge is 0.317 e. The van der Waals surface area contributed by atoms with Gasteiger partial charge in [0.1, 0.15) is 0 Å². The Morgan fingerprint density at radius 3 is 2.30 bits per heavy atom. The molecule has 20 heavy (non-hydrogen) atoms. The Kier molecular flexibility index (Phi) is 6.01. The van der Waals surface area contributed by atoms with Gasteiger partial charge in [-0.1, -0.05) is 24.6 Å². The third-order valence-electron chi connectivity index (χ3n) is 3.83. The first-order valence-electron chi connectivity index (χ1n) is 6.68. The van der Waals surface area contributed by atoms with E-state index >= 15 is 0 Å². The second-order valence-corrected chi connectivity index (χ2v) is 7.47. The minimum Gasteiger partial charge on any atom is -0.317 e. The van der Waals surface area contributed by atoms with E-state index in [0.29, 0.717) is 11.4 Å². The van der Waals surface area contributed by atoms with E-state index in [-0.39, 0.29) is 17.8 Å². The number of halogens is 1. The Balaban J connectivity index is 0.00000200. The van der Waals surface area contributed by atoms with Crippen molar-refractivity contribution in [1.82, 2.24) is 10.0 Å². The van der Waals surface area contributed by atoms with Crippen molar-refractivity contribution < 1.29 is 8.42 Å². The molecule has 1 heterocycles.